The number of carbonyl (C=O) groups is 1. The highest BCUT2D eigenvalue weighted by Crippen LogP contribution is 2.45. The number of rotatable bonds is 7. The molecule has 6 nitrogen and oxygen atoms in total. The van der Waals surface area contributed by atoms with Gasteiger partial charge in [0.1, 0.15) is 30.0 Å². The lowest BCUT2D eigenvalue weighted by Gasteiger charge is -2.45. The fourth-order valence-electron chi connectivity index (χ4n) is 6.24. The molecule has 9 heteroatoms. The van der Waals surface area contributed by atoms with Crippen LogP contribution in [0.1, 0.15) is 42.6 Å². The number of aliphatic hydroxyl groups excluding tert-OH is 1. The summed E-state index contributed by atoms with van der Waals surface area (Å²) in [5.74, 6) is -1.99. The normalized spacial score (nSPS) is 25.7. The highest BCUT2D eigenvalue weighted by Gasteiger charge is 2.45. The third-order valence-corrected chi connectivity index (χ3v) is 8.34. The average Bonchev–Trinajstić information content (AvgIpc) is 3.21. The van der Waals surface area contributed by atoms with Crippen molar-refractivity contribution < 1.29 is 27.8 Å². The maximum atomic E-state index is 15.8. The number of H-pyrrole nitrogens is 1. The molecule has 2 fully saturated rings. The quantitative estimate of drug-likeness (QED) is 0.479. The van der Waals surface area contributed by atoms with Gasteiger partial charge < -0.3 is 19.7 Å². The largest absolute Gasteiger partial charge is 0.492 e. The molecule has 2 N–H and O–H groups in total. The van der Waals surface area contributed by atoms with Crippen molar-refractivity contribution in [3.63, 3.8) is 0 Å². The Kier molecular flexibility index (Phi) is 6.60. The second-order valence-electron chi connectivity index (χ2n) is 11.0. The number of aromatic amines is 1. The van der Waals surface area contributed by atoms with Crippen molar-refractivity contribution in [2.45, 2.75) is 44.4 Å². The molecule has 1 saturated heterocycles. The number of likely N-dealkylation sites (tertiary alicyclic amines) is 1. The second kappa shape index (κ2) is 9.93. The zero-order valence-corrected chi connectivity index (χ0v) is 21.3. The molecule has 38 heavy (non-hydrogen) atoms. The number of fused-ring (bicyclic) bond motifs is 3. The van der Waals surface area contributed by atoms with Crippen molar-refractivity contribution in [1.29, 1.82) is 0 Å². The van der Waals surface area contributed by atoms with Gasteiger partial charge in [0.2, 0.25) is 5.91 Å². The summed E-state index contributed by atoms with van der Waals surface area (Å²) in [6.07, 6.45) is 0.751. The van der Waals surface area contributed by atoms with Crippen LogP contribution in [0.25, 0.3) is 10.9 Å². The molecule has 2 atom stereocenters. The lowest BCUT2D eigenvalue weighted by molar-refractivity contribution is -0.147. The van der Waals surface area contributed by atoms with Crippen LogP contribution in [0, 0.1) is 23.5 Å². The number of nitrogens with one attached hydrogen (secondary N) is 1. The predicted octanol–water partition coefficient (Wildman–Crippen LogP) is 4.36. The Bertz CT molecular complexity index is 1330. The Morgan fingerprint density at radius 1 is 1.16 bits per heavy atom. The van der Waals surface area contributed by atoms with Crippen molar-refractivity contribution in [2.24, 2.45) is 11.8 Å². The number of aromatic nitrogens is 1. The summed E-state index contributed by atoms with van der Waals surface area (Å²) in [7, 11) is 0. The van der Waals surface area contributed by atoms with E-state index in [1.807, 2.05) is 36.1 Å². The molecule has 0 spiro atoms. The third kappa shape index (κ3) is 4.35. The summed E-state index contributed by atoms with van der Waals surface area (Å²) >= 11 is 0. The molecule has 1 aliphatic carbocycles. The molecule has 6 rings (SSSR count). The first-order chi connectivity index (χ1) is 18.3. The van der Waals surface area contributed by atoms with Crippen LogP contribution in [0.4, 0.5) is 13.2 Å². The van der Waals surface area contributed by atoms with Gasteiger partial charge in [-0.3, -0.25) is 14.1 Å². The Morgan fingerprint density at radius 2 is 1.87 bits per heavy atom. The number of hydrogen-bond donors (Lipinski definition) is 2. The molecule has 3 aromatic rings. The van der Waals surface area contributed by atoms with Crippen LogP contribution in [-0.2, 0) is 11.2 Å². The zero-order valence-electron chi connectivity index (χ0n) is 21.3. The fourth-order valence-corrected chi connectivity index (χ4v) is 6.24. The summed E-state index contributed by atoms with van der Waals surface area (Å²) in [5, 5.41) is 10.8. The minimum Gasteiger partial charge on any atom is -0.492 e. The average molecular weight is 528 g/mol. The number of halogens is 3. The van der Waals surface area contributed by atoms with Gasteiger partial charge in [0.05, 0.1) is 18.3 Å². The molecule has 1 saturated carbocycles. The topological polar surface area (TPSA) is 68.8 Å². The number of para-hydroxylation sites is 1. The van der Waals surface area contributed by atoms with Gasteiger partial charge in [-0.2, -0.15) is 0 Å². The van der Waals surface area contributed by atoms with E-state index in [0.29, 0.717) is 44.6 Å². The van der Waals surface area contributed by atoms with Crippen LogP contribution in [-0.4, -0.2) is 70.9 Å². The lowest BCUT2D eigenvalue weighted by atomic mass is 9.79. The van der Waals surface area contributed by atoms with E-state index >= 15 is 8.78 Å². The van der Waals surface area contributed by atoms with E-state index in [0.717, 1.165) is 16.5 Å². The molecule has 1 amide bonds. The predicted molar refractivity (Wildman–Crippen MR) is 137 cm³/mol. The third-order valence-electron chi connectivity index (χ3n) is 8.34. The fraction of sp³-hybridized carbons (Fsp3) is 0.483. The second-order valence-corrected chi connectivity index (χ2v) is 11.0. The van der Waals surface area contributed by atoms with Gasteiger partial charge in [-0.05, 0) is 37.8 Å². The van der Waals surface area contributed by atoms with E-state index in [9.17, 15) is 14.3 Å². The number of benzene rings is 2. The van der Waals surface area contributed by atoms with E-state index in [1.54, 1.807) is 4.90 Å². The molecular formula is C29H32F3N3O3. The summed E-state index contributed by atoms with van der Waals surface area (Å²) in [6.45, 7) is 3.68. The van der Waals surface area contributed by atoms with E-state index < -0.39 is 23.8 Å². The van der Waals surface area contributed by atoms with Gasteiger partial charge in [0.15, 0.2) is 0 Å². The lowest BCUT2D eigenvalue weighted by Crippen LogP contribution is -2.52. The number of nitrogens with zero attached hydrogens (tertiary/aromatic N) is 2. The van der Waals surface area contributed by atoms with Gasteiger partial charge in [0, 0.05) is 66.2 Å². The molecule has 0 radical (unpaired) electrons. The van der Waals surface area contributed by atoms with Crippen LogP contribution in [0.3, 0.4) is 0 Å². The maximum absolute atomic E-state index is 15.8. The number of ether oxygens (including phenoxy) is 1. The number of amides is 1. The summed E-state index contributed by atoms with van der Waals surface area (Å²) < 4.78 is 49.8. The number of aliphatic hydroxyl groups is 1. The van der Waals surface area contributed by atoms with Gasteiger partial charge in [0.25, 0.3) is 0 Å². The zero-order chi connectivity index (χ0) is 26.6. The molecule has 1 aromatic heterocycles. The smallest absolute Gasteiger partial charge is 0.226 e. The molecule has 3 aliphatic rings. The minimum absolute atomic E-state index is 0.0606. The van der Waals surface area contributed by atoms with Crippen LogP contribution < -0.4 is 4.74 Å². The van der Waals surface area contributed by atoms with Gasteiger partial charge in [-0.1, -0.05) is 18.2 Å². The van der Waals surface area contributed by atoms with E-state index in [-0.39, 0.29) is 48.4 Å². The highest BCUT2D eigenvalue weighted by atomic mass is 19.1. The van der Waals surface area contributed by atoms with E-state index in [4.69, 9.17) is 4.74 Å². The van der Waals surface area contributed by atoms with Gasteiger partial charge in [-0.25, -0.2) is 8.78 Å². The van der Waals surface area contributed by atoms with E-state index in [1.165, 1.54) is 12.1 Å². The SMILES string of the molecule is C[C@@H]1Cc2c([nH]c3ccccc23)[C@@H](c2c(F)cc(OCCN3CC(CF)C3)cc2F)N1C(=O)C1CC(O)C1. The monoisotopic (exact) mass is 527 g/mol. The molecule has 0 bridgehead atoms. The summed E-state index contributed by atoms with van der Waals surface area (Å²) in [5.41, 5.74) is 2.23. The first-order valence-corrected chi connectivity index (χ1v) is 13.3. The summed E-state index contributed by atoms with van der Waals surface area (Å²) in [6, 6.07) is 8.80. The Morgan fingerprint density at radius 3 is 2.55 bits per heavy atom. The minimum atomic E-state index is -0.973. The Labute approximate surface area is 219 Å². The van der Waals surface area contributed by atoms with Crippen LogP contribution in [0.15, 0.2) is 36.4 Å². The number of hydrogen-bond acceptors (Lipinski definition) is 4. The van der Waals surface area contributed by atoms with Gasteiger partial charge in [-0.15, -0.1) is 0 Å². The maximum Gasteiger partial charge on any atom is 0.226 e. The van der Waals surface area contributed by atoms with Crippen molar-refractivity contribution >= 4 is 16.8 Å². The Balaban J connectivity index is 1.33. The van der Waals surface area contributed by atoms with Crippen molar-refractivity contribution in [3.05, 3.63) is 64.9 Å². The van der Waals surface area contributed by atoms with E-state index in [2.05, 4.69) is 4.98 Å². The first-order valence-electron chi connectivity index (χ1n) is 13.3. The molecule has 2 aliphatic heterocycles. The molecule has 0 unspecified atom stereocenters. The number of carbonyl (C=O) groups excluding carboxylic acids is 1. The Hall–Kier alpha value is -3.04. The van der Waals surface area contributed by atoms with Crippen molar-refractivity contribution in [2.75, 3.05) is 32.9 Å². The van der Waals surface area contributed by atoms with Crippen LogP contribution in [0.2, 0.25) is 0 Å². The van der Waals surface area contributed by atoms with Crippen LogP contribution in [0.5, 0.6) is 5.75 Å². The standard InChI is InChI=1S/C29H32F3N3O3/c1-16-8-22-21-4-2-3-5-25(21)33-27(22)28(35(16)29(37)18-9-19(36)10-18)26-23(31)11-20(12-24(26)32)38-7-6-34-14-17(13-30)15-34/h2-5,11-12,16-19,28,33,36H,6-10,13-15H2,1H3/t16-,18?,19?,28-/m1/s1. The van der Waals surface area contributed by atoms with Crippen molar-refractivity contribution in [1.82, 2.24) is 14.8 Å². The van der Waals surface area contributed by atoms with Gasteiger partial charge >= 0.3 is 0 Å². The molecule has 202 valence electrons. The summed E-state index contributed by atoms with van der Waals surface area (Å²) in [4.78, 5) is 20.6. The first kappa shape index (κ1) is 25.2. The molecule has 3 heterocycles. The highest BCUT2D eigenvalue weighted by molar-refractivity contribution is 5.87. The van der Waals surface area contributed by atoms with Crippen molar-refractivity contribution in [3.8, 4) is 5.75 Å². The number of alkyl halides is 1. The van der Waals surface area contributed by atoms with Crippen LogP contribution >= 0.6 is 0 Å². The molecular weight excluding hydrogens is 495 g/mol. The molecule has 2 aromatic carbocycles.